The second-order valence-corrected chi connectivity index (χ2v) is 4.43. The molecule has 0 aliphatic heterocycles. The minimum absolute atomic E-state index is 0.742. The van der Waals surface area contributed by atoms with Crippen molar-refractivity contribution in [1.82, 2.24) is 24.3 Å². The number of anilines is 1. The summed E-state index contributed by atoms with van der Waals surface area (Å²) in [5.74, 6) is 0.854. The monoisotopic (exact) mass is 268 g/mol. The van der Waals surface area contributed by atoms with E-state index in [-0.39, 0.29) is 0 Å². The molecule has 3 rings (SSSR count). The summed E-state index contributed by atoms with van der Waals surface area (Å²) < 4.78 is 3.78. The van der Waals surface area contributed by atoms with E-state index in [2.05, 4.69) is 27.3 Å². The fourth-order valence-corrected chi connectivity index (χ4v) is 1.91. The van der Waals surface area contributed by atoms with Crippen LogP contribution in [-0.4, -0.2) is 24.3 Å². The van der Waals surface area contributed by atoms with Crippen LogP contribution in [-0.2, 0) is 13.1 Å². The van der Waals surface area contributed by atoms with Gasteiger partial charge in [-0.3, -0.25) is 9.25 Å². The van der Waals surface area contributed by atoms with E-state index in [0.717, 1.165) is 30.2 Å². The highest BCUT2D eigenvalue weighted by Crippen LogP contribution is 2.11. The van der Waals surface area contributed by atoms with Gasteiger partial charge in [0.25, 0.3) is 0 Å². The van der Waals surface area contributed by atoms with Crippen molar-refractivity contribution in [2.24, 2.45) is 0 Å². The molecule has 3 heterocycles. The van der Waals surface area contributed by atoms with Crippen molar-refractivity contribution in [2.75, 3.05) is 5.32 Å². The number of aromatic nitrogens is 5. The molecule has 0 saturated carbocycles. The van der Waals surface area contributed by atoms with Gasteiger partial charge in [-0.25, -0.2) is 9.97 Å². The van der Waals surface area contributed by atoms with Gasteiger partial charge in [0, 0.05) is 37.2 Å². The highest BCUT2D eigenvalue weighted by Gasteiger charge is 2.00. The van der Waals surface area contributed by atoms with Crippen LogP contribution in [0.15, 0.2) is 49.4 Å². The maximum atomic E-state index is 4.39. The van der Waals surface area contributed by atoms with Gasteiger partial charge in [0.1, 0.15) is 12.1 Å². The highest BCUT2D eigenvalue weighted by molar-refractivity contribution is 5.44. The predicted octanol–water partition coefficient (Wildman–Crippen LogP) is 2.10. The van der Waals surface area contributed by atoms with E-state index in [1.54, 1.807) is 12.5 Å². The van der Waals surface area contributed by atoms with Crippen LogP contribution in [0, 0.1) is 0 Å². The Morgan fingerprint density at radius 2 is 2.20 bits per heavy atom. The number of hydrogen-bond donors (Lipinski definition) is 1. The number of hydrogen-bond acceptors (Lipinski definition) is 4. The molecule has 0 radical (unpaired) electrons. The second-order valence-electron chi connectivity index (χ2n) is 4.43. The van der Waals surface area contributed by atoms with Crippen LogP contribution < -0.4 is 5.32 Å². The summed E-state index contributed by atoms with van der Waals surface area (Å²) in [6.45, 7) is 3.70. The van der Waals surface area contributed by atoms with E-state index in [4.69, 9.17) is 0 Å². The van der Waals surface area contributed by atoms with Gasteiger partial charge >= 0.3 is 0 Å². The third-order valence-electron chi connectivity index (χ3n) is 3.02. The Kier molecular flexibility index (Phi) is 3.45. The van der Waals surface area contributed by atoms with Gasteiger partial charge in [-0.05, 0) is 19.1 Å². The Bertz CT molecular complexity index is 653. The molecular weight excluding hydrogens is 252 g/mol. The van der Waals surface area contributed by atoms with Crippen molar-refractivity contribution in [3.63, 3.8) is 0 Å². The van der Waals surface area contributed by atoms with Crippen molar-refractivity contribution < 1.29 is 0 Å². The number of aryl methyl sites for hydroxylation is 1. The van der Waals surface area contributed by atoms with E-state index >= 15 is 0 Å². The largest absolute Gasteiger partial charge is 0.380 e. The first-order valence-electron chi connectivity index (χ1n) is 6.55. The van der Waals surface area contributed by atoms with Crippen molar-refractivity contribution >= 4 is 5.69 Å². The second kappa shape index (κ2) is 5.56. The summed E-state index contributed by atoms with van der Waals surface area (Å²) in [6, 6.07) is 3.96. The Morgan fingerprint density at radius 3 is 2.85 bits per heavy atom. The standard InChI is InChI=1S/C14H16N6/c1-2-20-10-12(8-18-20)7-16-13-3-4-14(17-9-13)19-6-5-15-11-19/h3-6,8-11,16H,2,7H2,1H3. The molecular formula is C14H16N6. The lowest BCUT2D eigenvalue weighted by Gasteiger charge is -2.06. The summed E-state index contributed by atoms with van der Waals surface area (Å²) in [7, 11) is 0. The van der Waals surface area contributed by atoms with Gasteiger partial charge in [-0.15, -0.1) is 0 Å². The maximum Gasteiger partial charge on any atom is 0.137 e. The zero-order valence-electron chi connectivity index (χ0n) is 11.3. The van der Waals surface area contributed by atoms with Crippen molar-refractivity contribution in [3.8, 4) is 5.82 Å². The van der Waals surface area contributed by atoms with Crippen LogP contribution in [0.25, 0.3) is 5.82 Å². The zero-order valence-corrected chi connectivity index (χ0v) is 11.3. The summed E-state index contributed by atoms with van der Waals surface area (Å²) in [5.41, 5.74) is 2.14. The average Bonchev–Trinajstić information content (AvgIpc) is 3.17. The Hall–Kier alpha value is -2.63. The molecule has 0 spiro atoms. The molecule has 20 heavy (non-hydrogen) atoms. The Balaban J connectivity index is 1.63. The first-order valence-corrected chi connectivity index (χ1v) is 6.55. The summed E-state index contributed by atoms with van der Waals surface area (Å²) in [6.07, 6.45) is 11.1. The topological polar surface area (TPSA) is 60.6 Å². The zero-order chi connectivity index (χ0) is 13.8. The molecule has 0 unspecified atom stereocenters. The van der Waals surface area contributed by atoms with E-state index in [1.807, 2.05) is 46.2 Å². The molecule has 0 amide bonds. The summed E-state index contributed by atoms with van der Waals surface area (Å²) >= 11 is 0. The van der Waals surface area contributed by atoms with Crippen LogP contribution in [0.3, 0.4) is 0 Å². The molecule has 0 aliphatic carbocycles. The van der Waals surface area contributed by atoms with Gasteiger partial charge in [-0.2, -0.15) is 5.10 Å². The molecule has 1 N–H and O–H groups in total. The fourth-order valence-electron chi connectivity index (χ4n) is 1.91. The summed E-state index contributed by atoms with van der Waals surface area (Å²) in [4.78, 5) is 8.40. The van der Waals surface area contributed by atoms with Crippen LogP contribution in [0.4, 0.5) is 5.69 Å². The molecule has 3 aromatic rings. The van der Waals surface area contributed by atoms with E-state index in [0.29, 0.717) is 0 Å². The van der Waals surface area contributed by atoms with Crippen LogP contribution in [0.1, 0.15) is 12.5 Å². The lowest BCUT2D eigenvalue weighted by molar-refractivity contribution is 0.659. The molecule has 6 heteroatoms. The van der Waals surface area contributed by atoms with E-state index in [1.165, 1.54) is 0 Å². The number of rotatable bonds is 5. The van der Waals surface area contributed by atoms with Crippen molar-refractivity contribution in [3.05, 3.63) is 55.0 Å². The van der Waals surface area contributed by atoms with Crippen LogP contribution in [0.2, 0.25) is 0 Å². The molecule has 0 saturated heterocycles. The van der Waals surface area contributed by atoms with Gasteiger partial charge in [0.2, 0.25) is 0 Å². The van der Waals surface area contributed by atoms with Gasteiger partial charge < -0.3 is 5.32 Å². The lowest BCUT2D eigenvalue weighted by atomic mass is 10.3. The minimum Gasteiger partial charge on any atom is -0.380 e. The maximum absolute atomic E-state index is 4.39. The number of pyridine rings is 1. The quantitative estimate of drug-likeness (QED) is 0.769. The lowest BCUT2D eigenvalue weighted by Crippen LogP contribution is -2.00. The normalized spacial score (nSPS) is 10.7. The third-order valence-corrected chi connectivity index (χ3v) is 3.02. The SMILES string of the molecule is CCn1cc(CNc2ccc(-n3ccnc3)nc2)cn1. The van der Waals surface area contributed by atoms with E-state index in [9.17, 15) is 0 Å². The number of nitrogens with one attached hydrogen (secondary N) is 1. The smallest absolute Gasteiger partial charge is 0.137 e. The van der Waals surface area contributed by atoms with Crippen LogP contribution in [0.5, 0.6) is 0 Å². The average molecular weight is 268 g/mol. The number of nitrogens with zero attached hydrogens (tertiary/aromatic N) is 5. The molecule has 3 aromatic heterocycles. The molecule has 102 valence electrons. The van der Waals surface area contributed by atoms with Crippen LogP contribution >= 0.6 is 0 Å². The van der Waals surface area contributed by atoms with Crippen molar-refractivity contribution in [2.45, 2.75) is 20.0 Å². The molecule has 0 aliphatic rings. The Labute approximate surface area is 117 Å². The number of imidazole rings is 1. The van der Waals surface area contributed by atoms with Crippen molar-refractivity contribution in [1.29, 1.82) is 0 Å². The molecule has 6 nitrogen and oxygen atoms in total. The highest BCUT2D eigenvalue weighted by atomic mass is 15.3. The van der Waals surface area contributed by atoms with Gasteiger partial charge in [0.05, 0.1) is 18.1 Å². The van der Waals surface area contributed by atoms with E-state index < -0.39 is 0 Å². The molecule has 0 fully saturated rings. The van der Waals surface area contributed by atoms with Gasteiger partial charge in [-0.1, -0.05) is 0 Å². The molecule has 0 atom stereocenters. The first kappa shape index (κ1) is 12.4. The third kappa shape index (κ3) is 2.69. The molecule has 0 bridgehead atoms. The molecule has 0 aromatic carbocycles. The predicted molar refractivity (Wildman–Crippen MR) is 76.6 cm³/mol. The fraction of sp³-hybridized carbons (Fsp3) is 0.214. The first-order chi connectivity index (χ1) is 9.85. The Morgan fingerprint density at radius 1 is 1.25 bits per heavy atom. The minimum atomic E-state index is 0.742. The van der Waals surface area contributed by atoms with Gasteiger partial charge in [0.15, 0.2) is 0 Å². The summed E-state index contributed by atoms with van der Waals surface area (Å²) in [5, 5.41) is 7.58.